The van der Waals surface area contributed by atoms with Crippen LogP contribution in [0, 0.1) is 6.92 Å². The van der Waals surface area contributed by atoms with Crippen molar-refractivity contribution < 1.29 is 4.79 Å². The van der Waals surface area contributed by atoms with Crippen LogP contribution in [-0.4, -0.2) is 15.9 Å². The zero-order valence-corrected chi connectivity index (χ0v) is 12.9. The lowest BCUT2D eigenvalue weighted by atomic mass is 10.3. The Labute approximate surface area is 123 Å². The number of hydrogen-bond donors (Lipinski definition) is 2. The molecular formula is C12H13BrN4OS. The summed E-state index contributed by atoms with van der Waals surface area (Å²) >= 11 is 4.74. The minimum Gasteiger partial charge on any atom is -0.322 e. The fourth-order valence-corrected chi connectivity index (χ4v) is 2.37. The van der Waals surface area contributed by atoms with Gasteiger partial charge in [0.1, 0.15) is 16.5 Å². The first-order valence-corrected chi connectivity index (χ1v) is 7.30. The first-order valence-electron chi connectivity index (χ1n) is 5.63. The molecular weight excluding hydrogens is 328 g/mol. The Bertz CT molecular complexity index is 612. The maximum Gasteiger partial charge on any atom is 0.276 e. The van der Waals surface area contributed by atoms with Gasteiger partial charge in [-0.15, -0.1) is 11.3 Å². The van der Waals surface area contributed by atoms with Gasteiger partial charge in [0.2, 0.25) is 0 Å². The van der Waals surface area contributed by atoms with Gasteiger partial charge >= 0.3 is 0 Å². The van der Waals surface area contributed by atoms with E-state index in [1.807, 2.05) is 19.9 Å². The second kappa shape index (κ2) is 5.77. The molecule has 0 aliphatic rings. The lowest BCUT2D eigenvalue weighted by Gasteiger charge is -2.04. The molecule has 5 nitrogen and oxygen atoms in total. The Morgan fingerprint density at radius 2 is 2.21 bits per heavy atom. The number of hydrogen-bond acceptors (Lipinski definition) is 5. The van der Waals surface area contributed by atoms with Crippen molar-refractivity contribution in [2.75, 3.05) is 5.32 Å². The van der Waals surface area contributed by atoms with Crippen LogP contribution in [0.25, 0.3) is 0 Å². The maximum absolute atomic E-state index is 12.0. The average molecular weight is 341 g/mol. The third kappa shape index (κ3) is 3.37. The Kier molecular flexibility index (Phi) is 4.28. The fraction of sp³-hybridized carbons (Fsp3) is 0.250. The molecule has 100 valence electrons. The first kappa shape index (κ1) is 14.1. The van der Waals surface area contributed by atoms with Gasteiger partial charge in [-0.2, -0.15) is 0 Å². The number of nitrogens with zero attached hydrogens (tertiary/aromatic N) is 2. The van der Waals surface area contributed by atoms with Gasteiger partial charge in [0.05, 0.1) is 11.7 Å². The van der Waals surface area contributed by atoms with Crippen LogP contribution in [0.2, 0.25) is 0 Å². The van der Waals surface area contributed by atoms with E-state index in [0.29, 0.717) is 11.5 Å². The number of thiazole rings is 1. The third-order valence-corrected chi connectivity index (χ3v) is 4.29. The van der Waals surface area contributed by atoms with Crippen LogP contribution < -0.4 is 11.1 Å². The van der Waals surface area contributed by atoms with Gasteiger partial charge in [-0.25, -0.2) is 9.97 Å². The predicted octanol–water partition coefficient (Wildman–Crippen LogP) is 2.88. The van der Waals surface area contributed by atoms with Crippen LogP contribution in [0.3, 0.4) is 0 Å². The smallest absolute Gasteiger partial charge is 0.276 e. The molecule has 0 saturated carbocycles. The Morgan fingerprint density at radius 1 is 1.47 bits per heavy atom. The summed E-state index contributed by atoms with van der Waals surface area (Å²) in [6, 6.07) is 3.40. The van der Waals surface area contributed by atoms with E-state index in [1.54, 1.807) is 11.4 Å². The Morgan fingerprint density at radius 3 is 2.79 bits per heavy atom. The monoisotopic (exact) mass is 340 g/mol. The highest BCUT2D eigenvalue weighted by molar-refractivity contribution is 9.10. The number of halogens is 1. The SMILES string of the molecule is Cc1nc(NC(=O)c2csc(C(C)N)n2)ccc1Br. The number of pyridine rings is 1. The van der Waals surface area contributed by atoms with E-state index in [0.717, 1.165) is 15.2 Å². The number of aromatic nitrogens is 2. The number of anilines is 1. The molecule has 0 aliphatic heterocycles. The number of rotatable bonds is 3. The van der Waals surface area contributed by atoms with Crippen molar-refractivity contribution in [3.05, 3.63) is 38.4 Å². The molecule has 2 heterocycles. The van der Waals surface area contributed by atoms with Crippen molar-refractivity contribution in [1.29, 1.82) is 0 Å². The molecule has 1 unspecified atom stereocenters. The largest absolute Gasteiger partial charge is 0.322 e. The van der Waals surface area contributed by atoms with E-state index < -0.39 is 0 Å². The molecule has 19 heavy (non-hydrogen) atoms. The van der Waals surface area contributed by atoms with Gasteiger partial charge < -0.3 is 11.1 Å². The number of carbonyl (C=O) groups is 1. The van der Waals surface area contributed by atoms with Gasteiger partial charge in [-0.3, -0.25) is 4.79 Å². The predicted molar refractivity (Wildman–Crippen MR) is 79.3 cm³/mol. The van der Waals surface area contributed by atoms with Crippen molar-refractivity contribution in [2.45, 2.75) is 19.9 Å². The second-order valence-corrected chi connectivity index (χ2v) is 5.82. The number of amides is 1. The van der Waals surface area contributed by atoms with Crippen LogP contribution in [0.5, 0.6) is 0 Å². The quantitative estimate of drug-likeness (QED) is 0.900. The summed E-state index contributed by atoms with van der Waals surface area (Å²) in [6.45, 7) is 3.69. The summed E-state index contributed by atoms with van der Waals surface area (Å²) in [5, 5.41) is 5.15. The molecule has 0 saturated heterocycles. The molecule has 1 amide bonds. The lowest BCUT2D eigenvalue weighted by molar-refractivity contribution is 0.102. The standard InChI is InChI=1S/C12H13BrN4OS/c1-6(14)12-16-9(5-19-12)11(18)17-10-4-3-8(13)7(2)15-10/h3-6H,14H2,1-2H3,(H,15,17,18). The molecule has 0 spiro atoms. The van der Waals surface area contributed by atoms with Gasteiger partial charge in [0.15, 0.2) is 0 Å². The molecule has 0 aliphatic carbocycles. The van der Waals surface area contributed by atoms with Crippen LogP contribution in [0.1, 0.15) is 34.2 Å². The summed E-state index contributed by atoms with van der Waals surface area (Å²) in [6.07, 6.45) is 0. The zero-order valence-electron chi connectivity index (χ0n) is 10.5. The Balaban J connectivity index is 2.13. The van der Waals surface area contributed by atoms with E-state index >= 15 is 0 Å². The molecule has 1 atom stereocenters. The summed E-state index contributed by atoms with van der Waals surface area (Å²) in [5.41, 5.74) is 6.89. The van der Waals surface area contributed by atoms with E-state index in [2.05, 4.69) is 31.2 Å². The van der Waals surface area contributed by atoms with Crippen molar-refractivity contribution in [1.82, 2.24) is 9.97 Å². The van der Waals surface area contributed by atoms with Crippen molar-refractivity contribution in [3.63, 3.8) is 0 Å². The molecule has 2 aromatic rings. The highest BCUT2D eigenvalue weighted by Crippen LogP contribution is 2.18. The van der Waals surface area contributed by atoms with Gasteiger partial charge in [-0.05, 0) is 41.9 Å². The molecule has 0 aromatic carbocycles. The number of nitrogens with one attached hydrogen (secondary N) is 1. The molecule has 2 rings (SSSR count). The van der Waals surface area contributed by atoms with Crippen molar-refractivity contribution in [3.8, 4) is 0 Å². The Hall–Kier alpha value is -1.31. The van der Waals surface area contributed by atoms with Crippen LogP contribution in [-0.2, 0) is 0 Å². The van der Waals surface area contributed by atoms with Crippen LogP contribution in [0.4, 0.5) is 5.82 Å². The fourth-order valence-electron chi connectivity index (χ4n) is 1.40. The molecule has 3 N–H and O–H groups in total. The number of aryl methyl sites for hydroxylation is 1. The summed E-state index contributed by atoms with van der Waals surface area (Å²) in [7, 11) is 0. The third-order valence-electron chi connectivity index (χ3n) is 2.41. The van der Waals surface area contributed by atoms with E-state index in [1.165, 1.54) is 11.3 Å². The first-order chi connectivity index (χ1) is 8.97. The van der Waals surface area contributed by atoms with Gasteiger partial charge in [-0.1, -0.05) is 0 Å². The summed E-state index contributed by atoms with van der Waals surface area (Å²) in [4.78, 5) is 20.4. The van der Waals surface area contributed by atoms with Crippen molar-refractivity contribution in [2.24, 2.45) is 5.73 Å². The molecule has 0 bridgehead atoms. The molecule has 7 heteroatoms. The van der Waals surface area contributed by atoms with Crippen molar-refractivity contribution >= 4 is 39.0 Å². The summed E-state index contributed by atoms with van der Waals surface area (Å²) in [5.74, 6) is 0.221. The normalized spacial score (nSPS) is 12.2. The summed E-state index contributed by atoms with van der Waals surface area (Å²) < 4.78 is 0.901. The minimum atomic E-state index is -0.280. The molecule has 0 fully saturated rings. The highest BCUT2D eigenvalue weighted by Gasteiger charge is 2.13. The minimum absolute atomic E-state index is 0.167. The van der Waals surface area contributed by atoms with Crippen LogP contribution in [0.15, 0.2) is 22.0 Å². The van der Waals surface area contributed by atoms with Crippen LogP contribution >= 0.6 is 27.3 Å². The lowest BCUT2D eigenvalue weighted by Crippen LogP contribution is -2.14. The number of carbonyl (C=O) groups excluding carboxylic acids is 1. The average Bonchev–Trinajstić information content (AvgIpc) is 2.83. The molecule has 2 aromatic heterocycles. The van der Waals surface area contributed by atoms with Gasteiger partial charge in [0, 0.05) is 9.85 Å². The number of nitrogens with two attached hydrogens (primary N) is 1. The van der Waals surface area contributed by atoms with Gasteiger partial charge in [0.25, 0.3) is 5.91 Å². The molecule has 0 radical (unpaired) electrons. The topological polar surface area (TPSA) is 80.9 Å². The van der Waals surface area contributed by atoms with E-state index in [9.17, 15) is 4.79 Å². The second-order valence-electron chi connectivity index (χ2n) is 4.08. The maximum atomic E-state index is 12.0. The highest BCUT2D eigenvalue weighted by atomic mass is 79.9. The van der Waals surface area contributed by atoms with E-state index in [-0.39, 0.29) is 11.9 Å². The zero-order chi connectivity index (χ0) is 14.0. The van der Waals surface area contributed by atoms with E-state index in [4.69, 9.17) is 5.73 Å².